The van der Waals surface area contributed by atoms with Crippen LogP contribution in [-0.2, 0) is 10.0 Å². The van der Waals surface area contributed by atoms with Crippen LogP contribution in [0.1, 0.15) is 18.5 Å². The van der Waals surface area contributed by atoms with E-state index < -0.39 is 15.8 Å². The molecule has 1 aliphatic heterocycles. The largest absolute Gasteiger partial charge is 0.409 e. The van der Waals surface area contributed by atoms with Crippen molar-refractivity contribution in [3.05, 3.63) is 34.2 Å². The number of nitrogens with zero attached hydrogens (tertiary/aromatic N) is 4. The normalized spacial score (nSPS) is 19.0. The van der Waals surface area contributed by atoms with Crippen molar-refractivity contribution in [3.8, 4) is 0 Å². The van der Waals surface area contributed by atoms with Gasteiger partial charge >= 0.3 is 0 Å². The minimum Gasteiger partial charge on any atom is -0.409 e. The fourth-order valence-corrected chi connectivity index (χ4v) is 5.27. The average Bonchev–Trinajstić information content (AvgIpc) is 3.10. The summed E-state index contributed by atoms with van der Waals surface area (Å²) in [5.41, 5.74) is 0.630. The van der Waals surface area contributed by atoms with Crippen LogP contribution in [0, 0.1) is 5.82 Å². The lowest BCUT2D eigenvalue weighted by atomic mass is 10.2. The molecule has 2 heterocycles. The van der Waals surface area contributed by atoms with Gasteiger partial charge in [0.2, 0.25) is 15.9 Å². The van der Waals surface area contributed by atoms with Crippen LogP contribution in [-0.4, -0.2) is 58.7 Å². The Morgan fingerprint density at radius 1 is 1.50 bits per heavy atom. The molecule has 0 spiro atoms. The van der Waals surface area contributed by atoms with Crippen molar-refractivity contribution in [2.75, 3.05) is 24.7 Å². The van der Waals surface area contributed by atoms with Crippen molar-refractivity contribution >= 4 is 49.2 Å². The van der Waals surface area contributed by atoms with Crippen molar-refractivity contribution < 1.29 is 22.6 Å². The van der Waals surface area contributed by atoms with E-state index in [4.69, 9.17) is 4.63 Å². The van der Waals surface area contributed by atoms with E-state index in [-0.39, 0.29) is 21.3 Å². The number of rotatable bonds is 5. The standard InChI is InChI=1S/C15H17BrFN5O4S2/c1-28(24,25)22-6-2-3-10(8-22)27-15-13(20-26-21-15)14(19-23)18-9-4-5-12(17)11(16)7-9/h4-5,7,10,23H,2-3,6,8H2,1H3,(H,18,19). The van der Waals surface area contributed by atoms with E-state index in [0.29, 0.717) is 23.8 Å². The summed E-state index contributed by atoms with van der Waals surface area (Å²) < 4.78 is 43.4. The Hall–Kier alpha value is -1.70. The molecule has 0 bridgehead atoms. The summed E-state index contributed by atoms with van der Waals surface area (Å²) in [5, 5.41) is 23.4. The van der Waals surface area contributed by atoms with Gasteiger partial charge < -0.3 is 10.5 Å². The Balaban J connectivity index is 1.75. The van der Waals surface area contributed by atoms with Crippen molar-refractivity contribution in [2.45, 2.75) is 23.1 Å². The van der Waals surface area contributed by atoms with E-state index in [1.165, 1.54) is 40.5 Å². The second-order valence-corrected chi connectivity index (χ2v) is 10.2. The number of hydrogen-bond acceptors (Lipinski definition) is 8. The highest BCUT2D eigenvalue weighted by Gasteiger charge is 2.29. The van der Waals surface area contributed by atoms with Crippen LogP contribution in [0.25, 0.3) is 0 Å². The maximum atomic E-state index is 13.4. The lowest BCUT2D eigenvalue weighted by molar-refractivity contribution is 0.296. The number of anilines is 1. The monoisotopic (exact) mass is 493 g/mol. The first-order valence-electron chi connectivity index (χ1n) is 8.16. The molecule has 2 aromatic rings. The van der Waals surface area contributed by atoms with Crippen molar-refractivity contribution in [2.24, 2.45) is 5.16 Å². The van der Waals surface area contributed by atoms with Gasteiger partial charge in [0.05, 0.1) is 10.7 Å². The highest BCUT2D eigenvalue weighted by atomic mass is 79.9. The Labute approximate surface area is 173 Å². The lowest BCUT2D eigenvalue weighted by Crippen LogP contribution is -2.40. The number of hydrogen-bond donors (Lipinski definition) is 2. The number of piperidine rings is 1. The first-order valence-corrected chi connectivity index (χ1v) is 11.7. The van der Waals surface area contributed by atoms with Gasteiger partial charge in [0.25, 0.3) is 0 Å². The van der Waals surface area contributed by atoms with E-state index in [2.05, 4.69) is 36.7 Å². The third-order valence-corrected chi connectivity index (χ3v) is 7.14. The molecule has 0 saturated carbocycles. The van der Waals surface area contributed by atoms with E-state index in [1.807, 2.05) is 0 Å². The van der Waals surface area contributed by atoms with Gasteiger partial charge in [-0.15, -0.1) is 0 Å². The summed E-state index contributed by atoms with van der Waals surface area (Å²) in [7, 11) is -3.27. The molecule has 1 aliphatic rings. The van der Waals surface area contributed by atoms with Gasteiger partial charge in [-0.2, -0.15) is 0 Å². The third kappa shape index (κ3) is 5.01. The van der Waals surface area contributed by atoms with Crippen molar-refractivity contribution in [3.63, 3.8) is 0 Å². The van der Waals surface area contributed by atoms with Gasteiger partial charge in [0.1, 0.15) is 5.82 Å². The molecular formula is C15H17BrFN5O4S2. The maximum absolute atomic E-state index is 13.4. The van der Waals surface area contributed by atoms with Crippen molar-refractivity contribution in [1.29, 1.82) is 0 Å². The summed E-state index contributed by atoms with van der Waals surface area (Å²) >= 11 is 4.39. The summed E-state index contributed by atoms with van der Waals surface area (Å²) in [6.07, 6.45) is 2.71. The summed E-state index contributed by atoms with van der Waals surface area (Å²) in [6.45, 7) is 0.837. The molecule has 1 atom stereocenters. The topological polar surface area (TPSA) is 121 Å². The molecule has 13 heteroatoms. The predicted molar refractivity (Wildman–Crippen MR) is 106 cm³/mol. The van der Waals surface area contributed by atoms with Crippen LogP contribution in [0.15, 0.2) is 37.5 Å². The molecule has 3 rings (SSSR count). The fourth-order valence-electron chi connectivity index (χ4n) is 2.70. The minimum atomic E-state index is -3.27. The predicted octanol–water partition coefficient (Wildman–Crippen LogP) is 2.74. The maximum Gasteiger partial charge on any atom is 0.211 e. The second kappa shape index (κ2) is 8.76. The van der Waals surface area contributed by atoms with Gasteiger partial charge in [0.15, 0.2) is 10.7 Å². The minimum absolute atomic E-state index is 0.0296. The average molecular weight is 494 g/mol. The summed E-state index contributed by atoms with van der Waals surface area (Å²) in [5.74, 6) is -0.460. The number of amidine groups is 1. The Morgan fingerprint density at radius 2 is 2.29 bits per heavy atom. The van der Waals surface area contributed by atoms with E-state index >= 15 is 0 Å². The smallest absolute Gasteiger partial charge is 0.211 e. The number of thioether (sulfide) groups is 1. The van der Waals surface area contributed by atoms with Gasteiger partial charge in [-0.25, -0.2) is 21.7 Å². The van der Waals surface area contributed by atoms with Crippen molar-refractivity contribution in [1.82, 2.24) is 14.6 Å². The molecule has 1 aromatic heterocycles. The van der Waals surface area contributed by atoms with E-state index in [0.717, 1.165) is 12.8 Å². The zero-order valence-corrected chi connectivity index (χ0v) is 17.9. The first-order chi connectivity index (χ1) is 13.3. The van der Waals surface area contributed by atoms with Crippen LogP contribution in [0.3, 0.4) is 0 Å². The lowest BCUT2D eigenvalue weighted by Gasteiger charge is -2.29. The molecule has 1 unspecified atom stereocenters. The van der Waals surface area contributed by atoms with Gasteiger partial charge in [-0.05, 0) is 57.3 Å². The number of sulfonamides is 1. The molecule has 0 radical (unpaired) electrons. The molecule has 2 N–H and O–H groups in total. The zero-order chi connectivity index (χ0) is 20.3. The Morgan fingerprint density at radius 3 is 2.96 bits per heavy atom. The first kappa shape index (κ1) is 21.0. The second-order valence-electron chi connectivity index (χ2n) is 6.12. The van der Waals surface area contributed by atoms with Crippen LogP contribution in [0.5, 0.6) is 0 Å². The van der Waals surface area contributed by atoms with Gasteiger partial charge in [-0.1, -0.05) is 16.9 Å². The quantitative estimate of drug-likeness (QED) is 0.282. The number of nitrogens with one attached hydrogen (secondary N) is 1. The summed E-state index contributed by atoms with van der Waals surface area (Å²) in [6, 6.07) is 4.20. The highest BCUT2D eigenvalue weighted by molar-refractivity contribution is 9.10. The van der Waals surface area contributed by atoms with Crippen LogP contribution in [0.2, 0.25) is 0 Å². The number of oxime groups is 1. The number of aromatic nitrogens is 2. The Kier molecular flexibility index (Phi) is 6.58. The van der Waals surface area contributed by atoms with Crippen LogP contribution < -0.4 is 5.32 Å². The molecule has 0 aliphatic carbocycles. The molecule has 28 heavy (non-hydrogen) atoms. The number of halogens is 2. The van der Waals surface area contributed by atoms with Crippen LogP contribution in [0.4, 0.5) is 10.1 Å². The molecule has 1 saturated heterocycles. The van der Waals surface area contributed by atoms with E-state index in [9.17, 15) is 18.0 Å². The van der Waals surface area contributed by atoms with E-state index in [1.54, 1.807) is 0 Å². The molecule has 1 aromatic carbocycles. The summed E-state index contributed by atoms with van der Waals surface area (Å²) in [4.78, 5) is 0. The molecule has 0 amide bonds. The van der Waals surface area contributed by atoms with Gasteiger partial charge in [0, 0.05) is 24.0 Å². The fraction of sp³-hybridized carbons (Fsp3) is 0.400. The molecular weight excluding hydrogens is 477 g/mol. The van der Waals surface area contributed by atoms with Gasteiger partial charge in [-0.3, -0.25) is 0 Å². The molecule has 9 nitrogen and oxygen atoms in total. The SMILES string of the molecule is CS(=O)(=O)N1CCCC(Sc2nonc2C(=NO)Nc2ccc(F)c(Br)c2)C1. The molecule has 1 fully saturated rings. The third-order valence-electron chi connectivity index (χ3n) is 4.05. The highest BCUT2D eigenvalue weighted by Crippen LogP contribution is 2.31. The zero-order valence-electron chi connectivity index (χ0n) is 14.7. The Bertz CT molecular complexity index is 985. The molecule has 152 valence electrons. The number of benzene rings is 1. The van der Waals surface area contributed by atoms with Crippen LogP contribution >= 0.6 is 27.7 Å².